The van der Waals surface area contributed by atoms with Gasteiger partial charge in [0.25, 0.3) is 5.78 Å². The molecule has 6 nitrogen and oxygen atoms in total. The van der Waals surface area contributed by atoms with E-state index in [2.05, 4.69) is 15.1 Å². The van der Waals surface area contributed by atoms with E-state index in [-0.39, 0.29) is 10.6 Å². The van der Waals surface area contributed by atoms with E-state index in [4.69, 9.17) is 17.7 Å². The molecule has 1 N–H and O–H groups in total. The van der Waals surface area contributed by atoms with E-state index in [1.807, 2.05) is 0 Å². The normalized spacial score (nSPS) is 16.4. The number of aromatic carboxylic acids is 1. The SMILES string of the molecule is O=C(O)c1cnc2nc(C3CCCC3)nn2c1[S]. The topological polar surface area (TPSA) is 80.4 Å². The van der Waals surface area contributed by atoms with E-state index in [0.717, 1.165) is 18.7 Å². The minimum absolute atomic E-state index is 0.0135. The molecule has 18 heavy (non-hydrogen) atoms. The highest BCUT2D eigenvalue weighted by Gasteiger charge is 2.23. The van der Waals surface area contributed by atoms with Crippen molar-refractivity contribution < 1.29 is 9.90 Å². The summed E-state index contributed by atoms with van der Waals surface area (Å²) in [7, 11) is 0. The Morgan fingerprint density at radius 3 is 2.83 bits per heavy atom. The molecule has 0 bridgehead atoms. The van der Waals surface area contributed by atoms with Crippen molar-refractivity contribution in [3.63, 3.8) is 0 Å². The highest BCUT2D eigenvalue weighted by molar-refractivity contribution is 7.80. The number of fused-ring (bicyclic) bond motifs is 1. The van der Waals surface area contributed by atoms with E-state index in [1.54, 1.807) is 0 Å². The van der Waals surface area contributed by atoms with Crippen LogP contribution in [0.5, 0.6) is 0 Å². The summed E-state index contributed by atoms with van der Waals surface area (Å²) in [4.78, 5) is 19.3. The quantitative estimate of drug-likeness (QED) is 0.838. The molecule has 2 heterocycles. The first kappa shape index (κ1) is 11.3. The van der Waals surface area contributed by atoms with Crippen molar-refractivity contribution in [3.8, 4) is 0 Å². The lowest BCUT2D eigenvalue weighted by Crippen LogP contribution is -2.05. The van der Waals surface area contributed by atoms with E-state index >= 15 is 0 Å². The average molecular weight is 263 g/mol. The molecular weight excluding hydrogens is 252 g/mol. The summed E-state index contributed by atoms with van der Waals surface area (Å²) in [6.45, 7) is 0. The van der Waals surface area contributed by atoms with Crippen LogP contribution >= 0.6 is 12.6 Å². The van der Waals surface area contributed by atoms with Gasteiger partial charge in [-0.1, -0.05) is 25.5 Å². The summed E-state index contributed by atoms with van der Waals surface area (Å²) < 4.78 is 1.35. The van der Waals surface area contributed by atoms with Gasteiger partial charge in [-0.2, -0.15) is 9.50 Å². The molecule has 2 aromatic heterocycles. The van der Waals surface area contributed by atoms with Gasteiger partial charge in [-0.3, -0.25) is 0 Å². The molecule has 0 aromatic carbocycles. The summed E-state index contributed by atoms with van der Waals surface area (Å²) in [5.41, 5.74) is -0.0135. The molecule has 0 amide bonds. The van der Waals surface area contributed by atoms with Gasteiger partial charge in [0, 0.05) is 12.1 Å². The number of nitrogens with zero attached hydrogens (tertiary/aromatic N) is 4. The molecule has 1 fully saturated rings. The zero-order chi connectivity index (χ0) is 12.7. The predicted molar refractivity (Wildman–Crippen MR) is 64.8 cm³/mol. The molecule has 93 valence electrons. The van der Waals surface area contributed by atoms with Crippen molar-refractivity contribution in [2.24, 2.45) is 0 Å². The molecule has 2 aromatic rings. The van der Waals surface area contributed by atoms with Crippen LogP contribution in [0.15, 0.2) is 11.2 Å². The Kier molecular flexibility index (Phi) is 2.62. The number of hydrogen-bond donors (Lipinski definition) is 1. The molecule has 0 saturated heterocycles. The van der Waals surface area contributed by atoms with Gasteiger partial charge < -0.3 is 5.11 Å². The zero-order valence-corrected chi connectivity index (χ0v) is 10.4. The van der Waals surface area contributed by atoms with Crippen LogP contribution in [0.2, 0.25) is 0 Å². The van der Waals surface area contributed by atoms with Gasteiger partial charge in [-0.25, -0.2) is 9.78 Å². The minimum Gasteiger partial charge on any atom is -0.478 e. The zero-order valence-electron chi connectivity index (χ0n) is 9.54. The third-order valence-corrected chi connectivity index (χ3v) is 3.68. The van der Waals surface area contributed by atoms with Gasteiger partial charge in [-0.05, 0) is 12.8 Å². The molecule has 0 atom stereocenters. The predicted octanol–water partition coefficient (Wildman–Crippen LogP) is 2.04. The lowest BCUT2D eigenvalue weighted by atomic mass is 10.1. The minimum atomic E-state index is -1.09. The van der Waals surface area contributed by atoms with Crippen LogP contribution in [0.1, 0.15) is 47.8 Å². The third kappa shape index (κ3) is 1.71. The standard InChI is InChI=1S/C11H11N4O2S/c16-10(17)7-5-12-11-13-8(6-3-1-2-4-6)14-15(11)9(7)18/h5-6H,1-4H2,(H,16,17). The second-order valence-corrected chi connectivity index (χ2v) is 4.83. The molecular formula is C11H11N4O2S. The molecule has 0 unspecified atom stereocenters. The number of aromatic nitrogens is 4. The molecule has 1 aliphatic carbocycles. The number of carboxylic acids is 1. The average Bonchev–Trinajstić information content (AvgIpc) is 2.97. The Hall–Kier alpha value is -1.76. The monoisotopic (exact) mass is 263 g/mol. The number of hydrogen-bond acceptors (Lipinski definition) is 4. The number of carboxylic acid groups (broad SMARTS) is 1. The van der Waals surface area contributed by atoms with Gasteiger partial charge in [0.05, 0.1) is 0 Å². The number of carbonyl (C=O) groups is 1. The maximum Gasteiger partial charge on any atom is 0.340 e. The van der Waals surface area contributed by atoms with Gasteiger partial charge in [0.1, 0.15) is 10.6 Å². The van der Waals surface area contributed by atoms with Crippen LogP contribution in [0.25, 0.3) is 5.78 Å². The second kappa shape index (κ2) is 4.16. The van der Waals surface area contributed by atoms with Crippen molar-refractivity contribution >= 4 is 24.4 Å². The van der Waals surface area contributed by atoms with Crippen molar-refractivity contribution in [1.82, 2.24) is 19.6 Å². The highest BCUT2D eigenvalue weighted by Crippen LogP contribution is 2.32. The molecule has 1 saturated carbocycles. The Morgan fingerprint density at radius 1 is 1.44 bits per heavy atom. The van der Waals surface area contributed by atoms with Gasteiger partial charge in [0.2, 0.25) is 0 Å². The first-order valence-corrected chi connectivity index (χ1v) is 6.23. The Labute approximate surface area is 108 Å². The summed E-state index contributed by atoms with van der Waals surface area (Å²) in [6, 6.07) is 0. The first-order valence-electron chi connectivity index (χ1n) is 5.83. The fraction of sp³-hybridized carbons (Fsp3) is 0.455. The summed E-state index contributed by atoms with van der Waals surface area (Å²) in [5, 5.41) is 13.4. The molecule has 0 spiro atoms. The molecule has 7 heteroatoms. The van der Waals surface area contributed by atoms with Crippen LogP contribution in [-0.2, 0) is 0 Å². The van der Waals surface area contributed by atoms with Crippen molar-refractivity contribution in [2.45, 2.75) is 36.6 Å². The molecule has 0 aliphatic heterocycles. The van der Waals surface area contributed by atoms with Crippen molar-refractivity contribution in [1.29, 1.82) is 0 Å². The first-order chi connectivity index (χ1) is 8.66. The summed E-state index contributed by atoms with van der Waals surface area (Å²) in [5.74, 6) is 0.377. The third-order valence-electron chi connectivity index (χ3n) is 3.29. The van der Waals surface area contributed by atoms with Gasteiger partial charge in [-0.15, -0.1) is 5.10 Å². The maximum absolute atomic E-state index is 11.0. The largest absolute Gasteiger partial charge is 0.478 e. The molecule has 3 rings (SSSR count). The number of rotatable bonds is 2. The Bertz CT molecular complexity index is 619. The fourth-order valence-electron chi connectivity index (χ4n) is 2.33. The van der Waals surface area contributed by atoms with Crippen LogP contribution in [0.3, 0.4) is 0 Å². The van der Waals surface area contributed by atoms with Crippen LogP contribution in [0.4, 0.5) is 0 Å². The van der Waals surface area contributed by atoms with Gasteiger partial charge >= 0.3 is 5.97 Å². The Balaban J connectivity index is 2.11. The summed E-state index contributed by atoms with van der Waals surface area (Å²) in [6.07, 6.45) is 5.78. The highest BCUT2D eigenvalue weighted by atomic mass is 32.1. The van der Waals surface area contributed by atoms with E-state index < -0.39 is 5.97 Å². The van der Waals surface area contributed by atoms with Crippen LogP contribution in [-0.4, -0.2) is 30.7 Å². The van der Waals surface area contributed by atoms with E-state index in [9.17, 15) is 4.79 Å². The molecule has 1 radical (unpaired) electrons. The Morgan fingerprint density at radius 2 is 2.17 bits per heavy atom. The smallest absolute Gasteiger partial charge is 0.340 e. The van der Waals surface area contributed by atoms with Crippen molar-refractivity contribution in [2.75, 3.05) is 0 Å². The maximum atomic E-state index is 11.0. The lowest BCUT2D eigenvalue weighted by Gasteiger charge is -2.00. The van der Waals surface area contributed by atoms with E-state index in [1.165, 1.54) is 23.6 Å². The van der Waals surface area contributed by atoms with Crippen LogP contribution in [0, 0.1) is 0 Å². The van der Waals surface area contributed by atoms with Crippen LogP contribution < -0.4 is 0 Å². The second-order valence-electron chi connectivity index (χ2n) is 4.45. The lowest BCUT2D eigenvalue weighted by molar-refractivity contribution is 0.0691. The van der Waals surface area contributed by atoms with Gasteiger partial charge in [0.15, 0.2) is 5.82 Å². The summed E-state index contributed by atoms with van der Waals surface area (Å²) >= 11 is 5.10. The van der Waals surface area contributed by atoms with E-state index in [0.29, 0.717) is 11.7 Å². The van der Waals surface area contributed by atoms with Crippen molar-refractivity contribution in [3.05, 3.63) is 17.6 Å². The fourth-order valence-corrected chi connectivity index (χ4v) is 2.60. The molecule has 1 aliphatic rings.